The first-order chi connectivity index (χ1) is 48.8. The Labute approximate surface area is 578 Å². The molecule has 1 aliphatic carbocycles. The summed E-state index contributed by atoms with van der Waals surface area (Å²) >= 11 is 0. The number of carbonyl (C=O) groups excluding carboxylic acids is 6. The predicted octanol–water partition coefficient (Wildman–Crippen LogP) is -2.68. The monoisotopic (exact) mass is 1410 g/mol. The maximum Gasteiger partial charge on any atom is 0.410 e. The number of carboxylic acid groups (broad SMARTS) is 8. The average Bonchev–Trinajstić information content (AvgIpc) is 1.60. The van der Waals surface area contributed by atoms with Crippen LogP contribution in [0.25, 0.3) is 0 Å². The number of nitrogens with two attached hydrogens (primary N) is 9. The largest absolute Gasteiger partial charge is 0.481 e. The van der Waals surface area contributed by atoms with Gasteiger partial charge in [0.15, 0.2) is 11.6 Å². The van der Waals surface area contributed by atoms with E-state index in [4.69, 9.17) is 110 Å². The Morgan fingerprint density at radius 3 is 1.39 bits per heavy atom. The van der Waals surface area contributed by atoms with Gasteiger partial charge in [0.2, 0.25) is 11.8 Å². The SMILES string of the molecule is CC(C)(C)OC(=O)N1CC[C@H](N)C1.N[C@@H](CC(=O)O)C(=O)O.N[C@H]1CC(=O)C(Nc2ccccc2)C1=O.N[C@H]1CC(=O)N(Cc2ccccc2)C1=O.N[C@H]1CCNC1.[2H]C([2H])(C(=O)O)[C@H](N)C(=O)O.[2H]C([2H])(C(=O)O)[C@]([2H])(N)C(=O)O.[2H]C1([2H])C[C@H](N)C([2H])([2H])N1C(=O)OC(C)(C)C.[2H][C@](N)(CC(=O)O)C(=O)O. The van der Waals surface area contributed by atoms with Crippen molar-refractivity contribution in [3.8, 4) is 0 Å². The quantitative estimate of drug-likeness (QED) is 0.0601. The van der Waals surface area contributed by atoms with Crippen LogP contribution in [-0.2, 0) is 73.6 Å². The minimum atomic E-state index is -3.32. The highest BCUT2D eigenvalue weighted by Gasteiger charge is 2.39. The van der Waals surface area contributed by atoms with Crippen LogP contribution in [0.5, 0.6) is 0 Å². The molecule has 0 spiro atoms. The zero-order valence-corrected chi connectivity index (χ0v) is 54.5. The first-order valence-electron chi connectivity index (χ1n) is 34.0. The number of benzene rings is 2. The minimum Gasteiger partial charge on any atom is -0.481 e. The van der Waals surface area contributed by atoms with E-state index in [0.29, 0.717) is 24.0 Å². The molecule has 4 heterocycles. The summed E-state index contributed by atoms with van der Waals surface area (Å²) < 4.78 is 81.0. The van der Waals surface area contributed by atoms with E-state index < -0.39 is 152 Å². The van der Waals surface area contributed by atoms with Crippen LogP contribution in [-0.4, -0.2) is 250 Å². The van der Waals surface area contributed by atoms with E-state index in [0.717, 1.165) is 43.7 Å². The number of ether oxygens (including phenoxy) is 2. The zero-order valence-electron chi connectivity index (χ0n) is 64.5. The number of hydrogen-bond donors (Lipinski definition) is 19. The number of ketones is 2. The topological polar surface area (TPSA) is 687 Å². The zero-order chi connectivity index (χ0) is 85.0. The van der Waals surface area contributed by atoms with Gasteiger partial charge in [-0.2, -0.15) is 0 Å². The Hall–Kier alpha value is -9.38. The number of imide groups is 1. The first kappa shape index (κ1) is 72.9. The van der Waals surface area contributed by atoms with Gasteiger partial charge >= 0.3 is 59.9 Å². The van der Waals surface area contributed by atoms with Crippen molar-refractivity contribution in [3.05, 3.63) is 66.2 Å². The fourth-order valence-electron chi connectivity index (χ4n) is 7.01. The summed E-state index contributed by atoms with van der Waals surface area (Å²) in [6, 6.07) is 7.08. The molecule has 38 nitrogen and oxygen atoms in total. The summed E-state index contributed by atoms with van der Waals surface area (Å²) in [4.78, 5) is 152. The van der Waals surface area contributed by atoms with Crippen LogP contribution in [0.3, 0.4) is 0 Å². The third kappa shape index (κ3) is 42.9. The molecule has 0 radical (unpaired) electrons. The molecule has 4 saturated heterocycles. The Kier molecular flexibility index (Phi) is 34.2. The Morgan fingerprint density at radius 1 is 0.602 bits per heavy atom. The summed E-state index contributed by atoms with van der Waals surface area (Å²) in [6.45, 7) is 9.89. The highest BCUT2D eigenvalue weighted by Crippen LogP contribution is 2.18. The van der Waals surface area contributed by atoms with Gasteiger partial charge in [0.05, 0.1) is 56.1 Å². The van der Waals surface area contributed by atoms with Crippen LogP contribution >= 0.6 is 0 Å². The summed E-state index contributed by atoms with van der Waals surface area (Å²) in [5, 5.41) is 70.9. The van der Waals surface area contributed by atoms with Crippen LogP contribution in [0.1, 0.15) is 119 Å². The number of amides is 4. The number of hydrogen-bond acceptors (Lipinski definition) is 27. The number of nitrogens with one attached hydrogen (secondary N) is 2. The molecule has 1 saturated carbocycles. The van der Waals surface area contributed by atoms with E-state index in [1.807, 2.05) is 81.4 Å². The van der Waals surface area contributed by atoms with Crippen molar-refractivity contribution in [2.24, 2.45) is 51.6 Å². The fourth-order valence-corrected chi connectivity index (χ4v) is 7.01. The molecule has 5 aliphatic rings. The molecule has 0 aromatic heterocycles. The highest BCUT2D eigenvalue weighted by molar-refractivity contribution is 6.17. The number of Topliss-reactive ketones (excluding diaryl/α,β-unsaturated/α-hetero) is 2. The van der Waals surface area contributed by atoms with Crippen molar-refractivity contribution in [1.82, 2.24) is 20.0 Å². The lowest BCUT2D eigenvalue weighted by Crippen LogP contribution is -2.36. The molecular weight excluding hydrogens is 1300 g/mol. The van der Waals surface area contributed by atoms with Crippen molar-refractivity contribution in [1.29, 1.82) is 0 Å². The molecule has 7 rings (SSSR count). The van der Waals surface area contributed by atoms with Gasteiger partial charge < -0.3 is 122 Å². The lowest BCUT2D eigenvalue weighted by molar-refractivity contribution is -0.144. The van der Waals surface area contributed by atoms with Crippen molar-refractivity contribution in [3.63, 3.8) is 0 Å². The van der Waals surface area contributed by atoms with Crippen LogP contribution in [0.4, 0.5) is 15.3 Å². The second-order valence-electron chi connectivity index (χ2n) is 22.7. The maximum atomic E-state index is 11.8. The summed E-state index contributed by atoms with van der Waals surface area (Å²) in [5.41, 5.74) is 47.1. The van der Waals surface area contributed by atoms with Gasteiger partial charge in [0.25, 0.3) is 0 Å². The molecule has 2 aromatic carbocycles. The Balaban J connectivity index is 0. The molecule has 10 atom stereocenters. The maximum absolute atomic E-state index is 11.8. The molecule has 4 amide bonds. The van der Waals surface area contributed by atoms with Gasteiger partial charge in [0.1, 0.15) is 41.4 Å². The van der Waals surface area contributed by atoms with Gasteiger partial charge in [0, 0.05) is 71.1 Å². The van der Waals surface area contributed by atoms with Crippen LogP contribution in [0.15, 0.2) is 60.7 Å². The van der Waals surface area contributed by atoms with E-state index >= 15 is 0 Å². The highest BCUT2D eigenvalue weighted by atomic mass is 16.6. The number of carbonyl (C=O) groups is 14. The van der Waals surface area contributed by atoms with Gasteiger partial charge in [-0.05, 0) is 85.0 Å². The number of nitrogens with zero attached hydrogens (tertiary/aromatic N) is 3. The lowest BCUT2D eigenvalue weighted by Gasteiger charge is -2.24. The first-order valence-corrected chi connectivity index (χ1v) is 29.0. The van der Waals surface area contributed by atoms with Gasteiger partial charge in [-0.1, -0.05) is 48.5 Å². The van der Waals surface area contributed by atoms with Crippen molar-refractivity contribution in [2.45, 2.75) is 177 Å². The van der Waals surface area contributed by atoms with Gasteiger partial charge in [-0.25, -0.2) is 9.59 Å². The number of para-hydroxylation sites is 1. The molecule has 0 bridgehead atoms. The smallest absolute Gasteiger partial charge is 0.410 e. The molecule has 552 valence electrons. The predicted molar refractivity (Wildman–Crippen MR) is 349 cm³/mol. The average molecular weight is 1410 g/mol. The third-order valence-corrected chi connectivity index (χ3v) is 11.6. The fraction of sp³-hybridized carbons (Fsp3) is 0.567. The van der Waals surface area contributed by atoms with Crippen LogP contribution < -0.4 is 62.2 Å². The van der Waals surface area contributed by atoms with Gasteiger partial charge in [-0.3, -0.25) is 62.4 Å². The number of likely N-dealkylation sites (tertiary alicyclic amines) is 3. The van der Waals surface area contributed by atoms with Crippen molar-refractivity contribution >= 4 is 89.0 Å². The molecule has 4 aliphatic heterocycles. The molecular formula is C60H98N14O24. The molecule has 1 unspecified atom stereocenters. The summed E-state index contributed by atoms with van der Waals surface area (Å²) in [6.07, 6.45) is -6.91. The number of anilines is 1. The second kappa shape index (κ2) is 45.9. The minimum absolute atomic E-state index is 0.118. The van der Waals surface area contributed by atoms with Crippen LogP contribution in [0, 0.1) is 0 Å². The third-order valence-electron chi connectivity index (χ3n) is 11.6. The lowest BCUT2D eigenvalue weighted by atomic mass is 10.2. The van der Waals surface area contributed by atoms with E-state index in [-0.39, 0.29) is 54.8 Å². The van der Waals surface area contributed by atoms with E-state index in [1.165, 1.54) is 4.90 Å². The summed E-state index contributed by atoms with van der Waals surface area (Å²) in [5.74, 6) is -14.0. The van der Waals surface area contributed by atoms with Gasteiger partial charge in [-0.15, -0.1) is 0 Å². The Bertz CT molecular complexity index is 3310. The molecule has 28 N–H and O–H groups in total. The van der Waals surface area contributed by atoms with E-state index in [9.17, 15) is 67.1 Å². The summed E-state index contributed by atoms with van der Waals surface area (Å²) in [7, 11) is 0. The molecule has 38 heteroatoms. The van der Waals surface area contributed by atoms with E-state index in [2.05, 4.69) is 16.4 Å². The van der Waals surface area contributed by atoms with Crippen molar-refractivity contribution < 1.29 is 131 Å². The number of rotatable bonds is 16. The normalized spacial score (nSPS) is 23.6. The molecule has 5 fully saturated rings. The molecule has 2 aromatic rings. The number of aliphatic carboxylic acids is 8. The second-order valence-corrected chi connectivity index (χ2v) is 22.7. The standard InChI is InChI=1S/2C11H12N2O2.2C9H18N2O2.C4H10N2.4C4H7NO4/c12-9-6-10(14)13(11(9)15)7-8-4-2-1-3-5-8;12-8-6-9(14)10(11(8)15)13-7-4-2-1-3-5-7;2*1-9(2,3)13-8(12)11-5-4-7(10)6-11;5-4-1-2-6-3-4;4*5-2(4(8)9)1-3(6)7/h1-5,9H,6-7,12H2;1-5,8,10,13H,6,12H2;2*7H,4-6,10H2,1-3H3;4,6H,1-3,5H2;4*2H,1,5H2,(H,6,7)(H,8,9)/t9-;8-,10?;2*7-;4-;4*2-/m000000000/s1/i;;5D2,6D2;;;1D2,2D;2D;1D2;. The van der Waals surface area contributed by atoms with Crippen LogP contribution in [0.2, 0.25) is 0 Å². The number of carboxylic acids is 8. The van der Waals surface area contributed by atoms with Crippen molar-refractivity contribution in [2.75, 3.05) is 44.5 Å². The Morgan fingerprint density at radius 2 is 1.09 bits per heavy atom. The van der Waals surface area contributed by atoms with E-state index in [1.54, 1.807) is 25.7 Å². The molecule has 98 heavy (non-hydrogen) atoms.